The highest BCUT2D eigenvalue weighted by Gasteiger charge is 2.43. The number of hydrogen-bond acceptors (Lipinski definition) is 19. The van der Waals surface area contributed by atoms with E-state index in [1.54, 1.807) is 35.4 Å². The predicted molar refractivity (Wildman–Crippen MR) is 339 cm³/mol. The number of nitriles is 1. The largest absolute Gasteiger partial charge is 0.494 e. The topological polar surface area (TPSA) is 301 Å². The molecule has 4 heterocycles. The molecule has 3 fully saturated rings. The first-order chi connectivity index (χ1) is 44.0. The molecule has 6 rings (SSSR count). The van der Waals surface area contributed by atoms with E-state index in [0.29, 0.717) is 158 Å². The van der Waals surface area contributed by atoms with E-state index in [4.69, 9.17) is 14.2 Å². The first-order valence-corrected chi connectivity index (χ1v) is 32.1. The Kier molecular flexibility index (Phi) is 31.3. The summed E-state index contributed by atoms with van der Waals surface area (Å²) < 4.78 is 30.8. The molecule has 3 aliphatic rings. The Balaban J connectivity index is 0.904. The van der Waals surface area contributed by atoms with Gasteiger partial charge in [-0.1, -0.05) is 36.2 Å². The Bertz CT molecular complexity index is 2870. The molecular formula is C65H94FN13O12. The second kappa shape index (κ2) is 39.4. The van der Waals surface area contributed by atoms with E-state index in [1.807, 2.05) is 32.6 Å². The number of nitrogens with one attached hydrogen (secondary N) is 4. The van der Waals surface area contributed by atoms with E-state index in [-0.39, 0.29) is 63.8 Å². The van der Waals surface area contributed by atoms with Gasteiger partial charge in [-0.3, -0.25) is 68.4 Å². The van der Waals surface area contributed by atoms with Crippen molar-refractivity contribution in [3.05, 3.63) is 71.4 Å². The molecule has 25 nitrogen and oxygen atoms in total. The van der Waals surface area contributed by atoms with Crippen molar-refractivity contribution in [2.75, 3.05) is 118 Å². The second-order valence-corrected chi connectivity index (χ2v) is 24.1. The normalized spacial score (nSPS) is 18.7. The number of piperidine rings is 1. The molecule has 0 aliphatic carbocycles. The quantitative estimate of drug-likeness (QED) is 0.0178. The molecule has 3 aliphatic heterocycles. The number of aliphatic carboxylic acids is 1. The van der Waals surface area contributed by atoms with Crippen molar-refractivity contribution in [1.82, 2.24) is 55.8 Å². The van der Waals surface area contributed by atoms with Gasteiger partial charge in [-0.05, 0) is 127 Å². The number of likely N-dealkylation sites (tertiary alicyclic amines) is 2. The maximum Gasteiger partial charge on any atom is 0.317 e. The number of nitrogens with zero attached hydrogens (tertiary/aromatic N) is 9. The average molecular weight is 1270 g/mol. The molecule has 0 spiro atoms. The van der Waals surface area contributed by atoms with Gasteiger partial charge in [0.05, 0.1) is 49.9 Å². The van der Waals surface area contributed by atoms with Gasteiger partial charge in [-0.2, -0.15) is 10.4 Å². The molecule has 2 aromatic carbocycles. The van der Waals surface area contributed by atoms with Crippen LogP contribution in [0.2, 0.25) is 0 Å². The number of carbonyl (C=O) groups is 8. The van der Waals surface area contributed by atoms with Crippen molar-refractivity contribution in [1.29, 1.82) is 5.26 Å². The highest BCUT2D eigenvalue weighted by atomic mass is 19.1. The van der Waals surface area contributed by atoms with Crippen molar-refractivity contribution >= 4 is 65.6 Å². The van der Waals surface area contributed by atoms with Crippen LogP contribution in [0.25, 0.3) is 10.9 Å². The van der Waals surface area contributed by atoms with Crippen LogP contribution in [0, 0.1) is 24.2 Å². The lowest BCUT2D eigenvalue weighted by molar-refractivity contribution is -0.139. The van der Waals surface area contributed by atoms with E-state index in [9.17, 15) is 53.1 Å². The van der Waals surface area contributed by atoms with Crippen LogP contribution in [0.5, 0.6) is 5.75 Å². The Morgan fingerprint density at radius 1 is 0.791 bits per heavy atom. The van der Waals surface area contributed by atoms with E-state index in [1.165, 1.54) is 29.1 Å². The summed E-state index contributed by atoms with van der Waals surface area (Å²) in [6.45, 7) is 8.98. The Hall–Kier alpha value is -7.86. The van der Waals surface area contributed by atoms with Gasteiger partial charge in [0, 0.05) is 109 Å². The van der Waals surface area contributed by atoms with Crippen LogP contribution in [-0.2, 0) is 49.5 Å². The number of pyridine rings is 1. The molecule has 3 saturated heterocycles. The number of aromatic nitrogens is 1. The molecule has 5 amide bonds. The Morgan fingerprint density at radius 2 is 1.47 bits per heavy atom. The minimum atomic E-state index is -1.67. The number of carboxylic acid groups (broad SMARTS) is 1. The number of unbranched alkanes of at least 4 members (excludes halogenated alkanes) is 4. The Labute approximate surface area is 533 Å². The summed E-state index contributed by atoms with van der Waals surface area (Å²) in [4.78, 5) is 115. The number of fused-ring (bicyclic) bond motifs is 1. The van der Waals surface area contributed by atoms with E-state index in [2.05, 4.69) is 55.7 Å². The van der Waals surface area contributed by atoms with Gasteiger partial charge in [-0.15, -0.1) is 0 Å². The van der Waals surface area contributed by atoms with Gasteiger partial charge in [0.15, 0.2) is 0 Å². The molecule has 0 bridgehead atoms. The highest BCUT2D eigenvalue weighted by molar-refractivity contribution is 6.07. The second-order valence-electron chi connectivity index (χ2n) is 24.1. The van der Waals surface area contributed by atoms with Crippen LogP contribution in [0.3, 0.4) is 0 Å². The molecule has 5 N–H and O–H groups in total. The number of aryl methyl sites for hydroxylation is 2. The van der Waals surface area contributed by atoms with Crippen LogP contribution in [0.15, 0.2) is 59.8 Å². The van der Waals surface area contributed by atoms with Crippen LogP contribution >= 0.6 is 0 Å². The standard InChI is InChI=1S/C65H94FN13O12/c1-50-16-18-51(19-17-50)11-9-14-59(82)69-25-8-6-13-58(72-60(83)43-74-30-31-75(44-63(86)87)33-35-77(47-90-49-81)37-36-76(34-32-74)46-89-48-80)73-71-26-7-4-3-5-15-61(84)78-28-23-52(24-29-78)12-10-38-91-54-20-21-57-56(39-54)55(22-27-68-57)64(88)70-42-62(85)79-45-65(2,66)40-53(79)41-67/h16-22,26-27,39,48-49,52-53,58,73H,3-15,23-25,28-38,40,42-47H2,1-2H3,(H,69,82)(H,70,88)(H,72,83)(H,86,87)/b71-26+/t53-,58-,65?/m1/s1. The number of amides is 5. The fourth-order valence-electron chi connectivity index (χ4n) is 11.5. The predicted octanol–water partition coefficient (Wildman–Crippen LogP) is 4.37. The monoisotopic (exact) mass is 1270 g/mol. The molecule has 3 aromatic rings. The van der Waals surface area contributed by atoms with Crippen LogP contribution in [0.1, 0.15) is 125 Å². The minimum Gasteiger partial charge on any atom is -0.494 e. The molecular weight excluding hydrogens is 1170 g/mol. The minimum absolute atomic E-state index is 0.00227. The number of benzene rings is 2. The molecule has 26 heteroatoms. The summed E-state index contributed by atoms with van der Waals surface area (Å²) in [6, 6.07) is 16.3. The molecule has 91 heavy (non-hydrogen) atoms. The average Bonchev–Trinajstić information content (AvgIpc) is 1.81. The van der Waals surface area contributed by atoms with Crippen molar-refractivity contribution in [3.8, 4) is 11.8 Å². The number of halogens is 1. The van der Waals surface area contributed by atoms with Crippen molar-refractivity contribution in [2.24, 2.45) is 11.0 Å². The maximum absolute atomic E-state index is 14.6. The molecule has 498 valence electrons. The SMILES string of the molecule is Cc1ccc(CCCC(=O)NCCCC[C@@H](N/N=C/CCCCCC(=O)N2CCC(CCCOc3ccc4nccc(C(=O)NCC(=O)N5CC(C)(F)C[C@@H]5C#N)c4c3)CC2)NC(=O)CN2CCN(COC=O)CCN(COC=O)CCN(CC(=O)O)CC2)cc1. The van der Waals surface area contributed by atoms with Crippen molar-refractivity contribution in [3.63, 3.8) is 0 Å². The van der Waals surface area contributed by atoms with Crippen LogP contribution < -0.4 is 26.1 Å². The number of hydrazone groups is 1. The highest BCUT2D eigenvalue weighted by Crippen LogP contribution is 2.30. The van der Waals surface area contributed by atoms with Crippen LogP contribution in [-0.4, -0.2) is 230 Å². The van der Waals surface area contributed by atoms with E-state index in [0.717, 1.165) is 57.8 Å². The summed E-state index contributed by atoms with van der Waals surface area (Å²) in [5, 5.41) is 32.9. The van der Waals surface area contributed by atoms with Gasteiger partial charge in [0.25, 0.3) is 18.9 Å². The zero-order chi connectivity index (χ0) is 65.2. The van der Waals surface area contributed by atoms with Gasteiger partial charge >= 0.3 is 5.97 Å². The molecule has 1 aromatic heterocycles. The summed E-state index contributed by atoms with van der Waals surface area (Å²) in [6.07, 6.45) is 13.7. The fraction of sp³-hybridized carbons (Fsp3) is 0.615. The van der Waals surface area contributed by atoms with E-state index < -0.39 is 35.7 Å². The Morgan fingerprint density at radius 3 is 2.14 bits per heavy atom. The van der Waals surface area contributed by atoms with Gasteiger partial charge in [0.2, 0.25) is 23.6 Å². The van der Waals surface area contributed by atoms with E-state index >= 15 is 0 Å². The number of hydrogen-bond donors (Lipinski definition) is 5. The first kappa shape index (κ1) is 72.2. The summed E-state index contributed by atoms with van der Waals surface area (Å²) in [7, 11) is 0. The summed E-state index contributed by atoms with van der Waals surface area (Å²) in [5.41, 5.74) is 4.74. The summed E-state index contributed by atoms with van der Waals surface area (Å²) in [5.74, 6) is -1.09. The third-order valence-electron chi connectivity index (χ3n) is 16.7. The third-order valence-corrected chi connectivity index (χ3v) is 16.7. The molecule has 0 radical (unpaired) electrons. The zero-order valence-corrected chi connectivity index (χ0v) is 53.0. The number of ether oxygens (including phenoxy) is 3. The lowest BCUT2D eigenvalue weighted by Gasteiger charge is -2.33. The third kappa shape index (κ3) is 26.9. The van der Waals surface area contributed by atoms with Crippen molar-refractivity contribution in [2.45, 2.75) is 134 Å². The molecule has 3 atom stereocenters. The lowest BCUT2D eigenvalue weighted by Crippen LogP contribution is -2.51. The number of carbonyl (C=O) groups excluding carboxylic acids is 7. The number of carboxylic acids is 1. The number of alkyl halides is 1. The fourth-order valence-corrected chi connectivity index (χ4v) is 11.5. The van der Waals surface area contributed by atoms with Gasteiger partial charge in [0.1, 0.15) is 37.1 Å². The van der Waals surface area contributed by atoms with Crippen LogP contribution in [0.4, 0.5) is 4.39 Å². The lowest BCUT2D eigenvalue weighted by atomic mass is 9.92. The van der Waals surface area contributed by atoms with Crippen molar-refractivity contribution < 1.29 is 62.1 Å². The first-order valence-electron chi connectivity index (χ1n) is 32.1. The van der Waals surface area contributed by atoms with Gasteiger partial charge in [-0.25, -0.2) is 4.39 Å². The number of rotatable bonds is 36. The summed E-state index contributed by atoms with van der Waals surface area (Å²) >= 11 is 0. The molecule has 1 unspecified atom stereocenters. The van der Waals surface area contributed by atoms with Gasteiger partial charge < -0.3 is 45.1 Å². The zero-order valence-electron chi connectivity index (χ0n) is 53.0. The smallest absolute Gasteiger partial charge is 0.317 e. The maximum atomic E-state index is 14.6. The molecule has 0 saturated carbocycles.